The van der Waals surface area contributed by atoms with Crippen LogP contribution in [0.5, 0.6) is 0 Å². The van der Waals surface area contributed by atoms with E-state index in [1.165, 1.54) is 10.6 Å². The Morgan fingerprint density at radius 2 is 2.14 bits per heavy atom. The Kier molecular flexibility index (Phi) is 4.64. The van der Waals surface area contributed by atoms with Gasteiger partial charge in [0.2, 0.25) is 10.0 Å². The molecular formula is C19H21N5O3S. The summed E-state index contributed by atoms with van der Waals surface area (Å²) in [7, 11) is -3.24. The van der Waals surface area contributed by atoms with Gasteiger partial charge in [-0.25, -0.2) is 12.9 Å². The maximum absolute atomic E-state index is 12.6. The van der Waals surface area contributed by atoms with Gasteiger partial charge in [-0.1, -0.05) is 6.07 Å². The summed E-state index contributed by atoms with van der Waals surface area (Å²) in [6.07, 6.45) is 6.91. The highest BCUT2D eigenvalue weighted by molar-refractivity contribution is 7.88. The number of carbonyl (C=O) groups excluding carboxylic acids is 1. The van der Waals surface area contributed by atoms with Crippen LogP contribution in [0.15, 0.2) is 36.8 Å². The van der Waals surface area contributed by atoms with Crippen molar-refractivity contribution in [1.29, 1.82) is 0 Å². The van der Waals surface area contributed by atoms with Crippen LogP contribution in [0.1, 0.15) is 32.7 Å². The Morgan fingerprint density at radius 1 is 1.32 bits per heavy atom. The summed E-state index contributed by atoms with van der Waals surface area (Å²) in [5.74, 6) is -0.209. The van der Waals surface area contributed by atoms with Gasteiger partial charge in [-0.2, -0.15) is 9.40 Å². The lowest BCUT2D eigenvalue weighted by molar-refractivity contribution is 0.0952. The molecule has 0 radical (unpaired) electrons. The van der Waals surface area contributed by atoms with E-state index in [0.717, 1.165) is 27.9 Å². The van der Waals surface area contributed by atoms with E-state index in [1.807, 2.05) is 25.1 Å². The van der Waals surface area contributed by atoms with Crippen molar-refractivity contribution >= 4 is 21.4 Å². The topological polar surface area (TPSA) is 96.7 Å². The first-order valence-corrected chi connectivity index (χ1v) is 10.8. The highest BCUT2D eigenvalue weighted by Crippen LogP contribution is 2.20. The van der Waals surface area contributed by atoms with Crippen molar-refractivity contribution in [1.82, 2.24) is 24.2 Å². The highest BCUT2D eigenvalue weighted by atomic mass is 32.2. The van der Waals surface area contributed by atoms with Crippen molar-refractivity contribution in [3.05, 3.63) is 64.7 Å². The molecule has 0 saturated carbocycles. The fourth-order valence-corrected chi connectivity index (χ4v) is 4.29. The molecule has 0 unspecified atom stereocenters. The van der Waals surface area contributed by atoms with Crippen molar-refractivity contribution in [2.45, 2.75) is 26.4 Å². The van der Waals surface area contributed by atoms with Crippen LogP contribution in [0, 0.1) is 6.92 Å². The molecule has 0 bridgehead atoms. The third-order valence-corrected chi connectivity index (χ3v) is 6.22. The predicted octanol–water partition coefficient (Wildman–Crippen LogP) is 1.29. The minimum atomic E-state index is -3.24. The van der Waals surface area contributed by atoms with Crippen LogP contribution in [-0.4, -0.2) is 46.0 Å². The van der Waals surface area contributed by atoms with Crippen molar-refractivity contribution in [3.63, 3.8) is 0 Å². The van der Waals surface area contributed by atoms with Gasteiger partial charge in [-0.15, -0.1) is 0 Å². The first-order chi connectivity index (χ1) is 13.3. The molecular weight excluding hydrogens is 378 g/mol. The number of carbonyl (C=O) groups is 1. The molecule has 1 N–H and O–H groups in total. The molecule has 0 aliphatic carbocycles. The molecule has 9 heteroatoms. The second kappa shape index (κ2) is 6.99. The molecule has 0 fully saturated rings. The number of nitrogens with zero attached hydrogens (tertiary/aromatic N) is 4. The van der Waals surface area contributed by atoms with Crippen LogP contribution in [0.3, 0.4) is 0 Å². The molecule has 28 heavy (non-hydrogen) atoms. The standard InChI is InChI=1S/C19H21N5O3S/c1-13-4-3-6-24-18(13)16(11-22-24)19(25)21-10-14-8-15-12-23(28(2,26)27)7-5-17(15)20-9-14/h3-4,6,8-9,11H,5,7,10,12H2,1-2H3,(H,21,25). The summed E-state index contributed by atoms with van der Waals surface area (Å²) in [6, 6.07) is 5.74. The summed E-state index contributed by atoms with van der Waals surface area (Å²) in [6.45, 7) is 3.01. The number of fused-ring (bicyclic) bond motifs is 2. The first-order valence-electron chi connectivity index (χ1n) is 8.96. The number of aryl methyl sites for hydroxylation is 1. The molecule has 8 nitrogen and oxygen atoms in total. The molecule has 3 aromatic rings. The van der Waals surface area contributed by atoms with Crippen molar-refractivity contribution in [2.75, 3.05) is 12.8 Å². The van der Waals surface area contributed by atoms with Crippen LogP contribution in [-0.2, 0) is 29.5 Å². The number of hydrogen-bond donors (Lipinski definition) is 1. The number of sulfonamides is 1. The van der Waals surface area contributed by atoms with Gasteiger partial charge >= 0.3 is 0 Å². The largest absolute Gasteiger partial charge is 0.348 e. The normalized spacial score (nSPS) is 14.8. The van der Waals surface area contributed by atoms with Gasteiger partial charge in [-0.05, 0) is 35.7 Å². The second-order valence-corrected chi connectivity index (χ2v) is 9.00. The number of amides is 1. The van der Waals surface area contributed by atoms with Crippen LogP contribution in [0.2, 0.25) is 0 Å². The Labute approximate surface area is 163 Å². The second-order valence-electron chi connectivity index (χ2n) is 7.02. The number of pyridine rings is 2. The van der Waals surface area contributed by atoms with Crippen molar-refractivity contribution in [3.8, 4) is 0 Å². The van der Waals surface area contributed by atoms with Crippen LogP contribution < -0.4 is 5.32 Å². The van der Waals surface area contributed by atoms with E-state index < -0.39 is 10.0 Å². The Balaban J connectivity index is 1.50. The summed E-state index contributed by atoms with van der Waals surface area (Å²) in [5, 5.41) is 7.13. The average Bonchev–Trinajstić information content (AvgIpc) is 3.10. The maximum Gasteiger partial charge on any atom is 0.255 e. The van der Waals surface area contributed by atoms with Gasteiger partial charge in [0.15, 0.2) is 0 Å². The van der Waals surface area contributed by atoms with Gasteiger partial charge in [0.25, 0.3) is 5.91 Å². The van der Waals surface area contributed by atoms with E-state index in [9.17, 15) is 13.2 Å². The van der Waals surface area contributed by atoms with E-state index in [-0.39, 0.29) is 5.91 Å². The lowest BCUT2D eigenvalue weighted by atomic mass is 10.1. The van der Waals surface area contributed by atoms with Gasteiger partial charge in [0.05, 0.1) is 23.5 Å². The van der Waals surface area contributed by atoms with Crippen molar-refractivity contribution < 1.29 is 13.2 Å². The number of rotatable bonds is 4. The Bertz CT molecular complexity index is 1170. The van der Waals surface area contributed by atoms with Gasteiger partial charge in [0.1, 0.15) is 0 Å². The van der Waals surface area contributed by atoms with Crippen LogP contribution >= 0.6 is 0 Å². The molecule has 0 atom stereocenters. The lowest BCUT2D eigenvalue weighted by Crippen LogP contribution is -2.35. The van der Waals surface area contributed by atoms with Gasteiger partial charge in [-0.3, -0.25) is 9.78 Å². The predicted molar refractivity (Wildman–Crippen MR) is 104 cm³/mol. The van der Waals surface area contributed by atoms with Crippen molar-refractivity contribution in [2.24, 2.45) is 0 Å². The van der Waals surface area contributed by atoms with E-state index >= 15 is 0 Å². The molecule has 4 heterocycles. The molecule has 0 spiro atoms. The SMILES string of the molecule is Cc1cccn2ncc(C(=O)NCc3cnc4c(c3)CN(S(C)(=O)=O)CC4)c12. The molecule has 1 aliphatic heterocycles. The molecule has 4 rings (SSSR count). The minimum absolute atomic E-state index is 0.209. The molecule has 0 aromatic carbocycles. The maximum atomic E-state index is 12.6. The highest BCUT2D eigenvalue weighted by Gasteiger charge is 2.24. The number of hydrogen-bond acceptors (Lipinski definition) is 5. The fourth-order valence-electron chi connectivity index (χ4n) is 3.49. The molecule has 0 saturated heterocycles. The summed E-state index contributed by atoms with van der Waals surface area (Å²) in [5.41, 5.74) is 4.90. The fraction of sp³-hybridized carbons (Fsp3) is 0.316. The van der Waals surface area contributed by atoms with Crippen LogP contribution in [0.25, 0.3) is 5.52 Å². The Morgan fingerprint density at radius 3 is 2.93 bits per heavy atom. The van der Waals surface area contributed by atoms with E-state index in [0.29, 0.717) is 31.6 Å². The van der Waals surface area contributed by atoms with Crippen LogP contribution in [0.4, 0.5) is 0 Å². The van der Waals surface area contributed by atoms with Gasteiger partial charge < -0.3 is 5.32 Å². The quantitative estimate of drug-likeness (QED) is 0.713. The molecule has 3 aromatic heterocycles. The minimum Gasteiger partial charge on any atom is -0.348 e. The summed E-state index contributed by atoms with van der Waals surface area (Å²) in [4.78, 5) is 17.1. The zero-order chi connectivity index (χ0) is 19.9. The summed E-state index contributed by atoms with van der Waals surface area (Å²) >= 11 is 0. The van der Waals surface area contributed by atoms with E-state index in [2.05, 4.69) is 15.4 Å². The number of aromatic nitrogens is 3. The first kappa shape index (κ1) is 18.6. The average molecular weight is 399 g/mol. The van der Waals surface area contributed by atoms with E-state index in [1.54, 1.807) is 23.1 Å². The third-order valence-electron chi connectivity index (χ3n) is 4.97. The molecule has 1 amide bonds. The van der Waals surface area contributed by atoms with Gasteiger partial charge in [0, 0.05) is 44.1 Å². The zero-order valence-electron chi connectivity index (χ0n) is 15.7. The number of nitrogens with one attached hydrogen (secondary N) is 1. The Hall–Kier alpha value is -2.78. The molecule has 146 valence electrons. The molecule has 1 aliphatic rings. The zero-order valence-corrected chi connectivity index (χ0v) is 16.5. The summed E-state index contributed by atoms with van der Waals surface area (Å²) < 4.78 is 26.7. The monoisotopic (exact) mass is 399 g/mol. The third kappa shape index (κ3) is 3.50. The lowest BCUT2D eigenvalue weighted by Gasteiger charge is -2.26. The smallest absolute Gasteiger partial charge is 0.255 e. The van der Waals surface area contributed by atoms with E-state index in [4.69, 9.17) is 0 Å².